The lowest BCUT2D eigenvalue weighted by molar-refractivity contribution is 0.343. The topological polar surface area (TPSA) is 140 Å². The highest BCUT2D eigenvalue weighted by molar-refractivity contribution is 7.93. The second-order valence-corrected chi connectivity index (χ2v) is 10.6. The number of sulfonamides is 2. The molecule has 34 heavy (non-hydrogen) atoms. The van der Waals surface area contributed by atoms with Crippen LogP contribution in [0.4, 0.5) is 11.5 Å². The highest BCUT2D eigenvalue weighted by Crippen LogP contribution is 2.30. The number of aromatic nitrogens is 3. The molecule has 0 aliphatic heterocycles. The highest BCUT2D eigenvalue weighted by atomic mass is 35.5. The Labute approximate surface area is 201 Å². The fourth-order valence-corrected chi connectivity index (χ4v) is 5.46. The van der Waals surface area contributed by atoms with Crippen LogP contribution in [0.15, 0.2) is 76.7 Å². The molecule has 176 valence electrons. The molecule has 0 radical (unpaired) electrons. The van der Waals surface area contributed by atoms with Gasteiger partial charge in [0.15, 0.2) is 11.0 Å². The molecule has 0 saturated carbocycles. The molecule has 0 amide bonds. The van der Waals surface area contributed by atoms with Crippen LogP contribution >= 0.6 is 11.6 Å². The van der Waals surface area contributed by atoms with E-state index < -0.39 is 20.0 Å². The number of anilines is 2. The summed E-state index contributed by atoms with van der Waals surface area (Å²) in [5, 5.41) is 7.75. The van der Waals surface area contributed by atoms with Crippen molar-refractivity contribution in [1.82, 2.24) is 15.2 Å². The molecule has 2 heterocycles. The fourth-order valence-electron chi connectivity index (χ4n) is 3.11. The molecular weight excluding hydrogens is 502 g/mol. The minimum absolute atomic E-state index is 0.00911. The first-order chi connectivity index (χ1) is 16.2. The van der Waals surface area contributed by atoms with Crippen LogP contribution in [-0.2, 0) is 20.0 Å². The van der Waals surface area contributed by atoms with Gasteiger partial charge in [-0.3, -0.25) is 14.4 Å². The molecule has 2 aromatic carbocycles. The molecule has 10 nitrogen and oxygen atoms in total. The van der Waals surface area contributed by atoms with Gasteiger partial charge in [0.25, 0.3) is 20.0 Å². The molecular formula is C21H18ClN5O5S2. The molecule has 0 aliphatic carbocycles. The number of nitrogens with one attached hydrogen (secondary N) is 2. The van der Waals surface area contributed by atoms with Gasteiger partial charge in [-0.05, 0) is 67.6 Å². The molecule has 0 spiro atoms. The minimum Gasteiger partial charge on any atom is -0.492 e. The van der Waals surface area contributed by atoms with Crippen molar-refractivity contribution in [3.05, 3.63) is 72.0 Å². The minimum atomic E-state index is -4.01. The van der Waals surface area contributed by atoms with Crippen molar-refractivity contribution in [1.29, 1.82) is 0 Å². The Morgan fingerprint density at radius 3 is 2.32 bits per heavy atom. The Morgan fingerprint density at radius 1 is 0.882 bits per heavy atom. The maximum Gasteiger partial charge on any atom is 0.263 e. The number of pyridine rings is 1. The van der Waals surface area contributed by atoms with Crippen LogP contribution in [0.1, 0.15) is 6.92 Å². The summed E-state index contributed by atoms with van der Waals surface area (Å²) in [6, 6.07) is 14.2. The van der Waals surface area contributed by atoms with Gasteiger partial charge in [0.05, 0.1) is 16.4 Å². The number of rotatable bonds is 8. The Hall–Kier alpha value is -3.48. The van der Waals surface area contributed by atoms with Gasteiger partial charge >= 0.3 is 0 Å². The molecule has 4 aromatic rings. The van der Waals surface area contributed by atoms with E-state index in [0.29, 0.717) is 23.3 Å². The third kappa shape index (κ3) is 5.03. The highest BCUT2D eigenvalue weighted by Gasteiger charge is 2.21. The fraction of sp³-hybridized carbons (Fsp3) is 0.0952. The number of hydrogen-bond acceptors (Lipinski definition) is 8. The SMILES string of the molecule is CCOc1ccc(S(=O)(=O)Nc2ccc(S(=O)(=O)Nc3ccc(Cl)nn3)cc2)c2cccnc12. The van der Waals surface area contributed by atoms with Crippen LogP contribution in [0.3, 0.4) is 0 Å². The molecule has 0 fully saturated rings. The van der Waals surface area contributed by atoms with E-state index in [1.165, 1.54) is 42.5 Å². The quantitative estimate of drug-likeness (QED) is 0.359. The summed E-state index contributed by atoms with van der Waals surface area (Å²) in [6.45, 7) is 2.23. The maximum atomic E-state index is 13.1. The Bertz CT molecular complexity index is 1550. The van der Waals surface area contributed by atoms with Crippen molar-refractivity contribution in [2.24, 2.45) is 0 Å². The summed E-state index contributed by atoms with van der Waals surface area (Å²) in [5.74, 6) is 0.467. The van der Waals surface area contributed by atoms with Crippen molar-refractivity contribution < 1.29 is 21.6 Å². The summed E-state index contributed by atoms with van der Waals surface area (Å²) < 4.78 is 61.6. The van der Waals surface area contributed by atoms with E-state index in [0.717, 1.165) is 0 Å². The zero-order chi connectivity index (χ0) is 24.3. The summed E-state index contributed by atoms with van der Waals surface area (Å²) in [5.41, 5.74) is 0.598. The number of halogens is 1. The van der Waals surface area contributed by atoms with Gasteiger partial charge in [-0.1, -0.05) is 11.6 Å². The van der Waals surface area contributed by atoms with E-state index in [-0.39, 0.29) is 26.4 Å². The van der Waals surface area contributed by atoms with Crippen molar-refractivity contribution in [2.45, 2.75) is 16.7 Å². The lowest BCUT2D eigenvalue weighted by Gasteiger charge is -2.13. The third-order valence-electron chi connectivity index (χ3n) is 4.57. The first kappa shape index (κ1) is 23.7. The standard InChI is InChI=1S/C21H18ClN5O5S2/c1-2-32-17-9-10-18(16-4-3-13-23-21(16)17)34(30,31)26-14-5-7-15(8-6-14)33(28,29)27-20-12-11-19(22)24-25-20/h3-13,26H,2H2,1H3,(H,25,27). The van der Waals surface area contributed by atoms with Gasteiger partial charge in [0.1, 0.15) is 11.3 Å². The predicted molar refractivity (Wildman–Crippen MR) is 128 cm³/mol. The molecule has 0 bridgehead atoms. The molecule has 0 unspecified atom stereocenters. The average Bonchev–Trinajstić information content (AvgIpc) is 2.81. The lowest BCUT2D eigenvalue weighted by Crippen LogP contribution is -2.15. The van der Waals surface area contributed by atoms with Gasteiger partial charge in [0, 0.05) is 17.3 Å². The van der Waals surface area contributed by atoms with E-state index in [1.807, 2.05) is 6.92 Å². The number of hydrogen-bond donors (Lipinski definition) is 2. The van der Waals surface area contributed by atoms with E-state index in [2.05, 4.69) is 24.6 Å². The van der Waals surface area contributed by atoms with Gasteiger partial charge in [0.2, 0.25) is 0 Å². The molecule has 0 saturated heterocycles. The number of benzene rings is 2. The van der Waals surface area contributed by atoms with Gasteiger partial charge in [-0.15, -0.1) is 10.2 Å². The zero-order valence-corrected chi connectivity index (χ0v) is 20.0. The van der Waals surface area contributed by atoms with Crippen LogP contribution in [0.5, 0.6) is 5.75 Å². The summed E-state index contributed by atoms with van der Waals surface area (Å²) in [4.78, 5) is 4.17. The largest absolute Gasteiger partial charge is 0.492 e. The Balaban J connectivity index is 1.59. The molecule has 13 heteroatoms. The van der Waals surface area contributed by atoms with Crippen LogP contribution in [0.2, 0.25) is 5.15 Å². The number of fused-ring (bicyclic) bond motifs is 1. The normalized spacial score (nSPS) is 11.8. The molecule has 4 rings (SSSR count). The van der Waals surface area contributed by atoms with Crippen molar-refractivity contribution in [2.75, 3.05) is 16.1 Å². The predicted octanol–water partition coefficient (Wildman–Crippen LogP) is 3.68. The van der Waals surface area contributed by atoms with Gasteiger partial charge < -0.3 is 4.74 Å². The van der Waals surface area contributed by atoms with Gasteiger partial charge in [-0.2, -0.15) is 0 Å². The summed E-state index contributed by atoms with van der Waals surface area (Å²) in [6.07, 6.45) is 1.55. The third-order valence-corrected chi connectivity index (χ3v) is 7.58. The van der Waals surface area contributed by atoms with E-state index >= 15 is 0 Å². The summed E-state index contributed by atoms with van der Waals surface area (Å²) in [7, 11) is -7.99. The molecule has 0 aliphatic rings. The van der Waals surface area contributed by atoms with Gasteiger partial charge in [-0.25, -0.2) is 16.8 Å². The monoisotopic (exact) mass is 519 g/mol. The van der Waals surface area contributed by atoms with E-state index in [4.69, 9.17) is 16.3 Å². The summed E-state index contributed by atoms with van der Waals surface area (Å²) >= 11 is 5.65. The lowest BCUT2D eigenvalue weighted by atomic mass is 10.2. The van der Waals surface area contributed by atoms with Crippen molar-refractivity contribution in [3.8, 4) is 5.75 Å². The second-order valence-electron chi connectivity index (χ2n) is 6.87. The zero-order valence-electron chi connectivity index (χ0n) is 17.6. The molecule has 2 N–H and O–H groups in total. The first-order valence-corrected chi connectivity index (χ1v) is 13.2. The van der Waals surface area contributed by atoms with Crippen LogP contribution in [0.25, 0.3) is 10.9 Å². The Kier molecular flexibility index (Phi) is 6.55. The van der Waals surface area contributed by atoms with Crippen molar-refractivity contribution >= 4 is 54.1 Å². The molecule has 2 aromatic heterocycles. The second kappa shape index (κ2) is 9.41. The van der Waals surface area contributed by atoms with Crippen molar-refractivity contribution in [3.63, 3.8) is 0 Å². The average molecular weight is 520 g/mol. The molecule has 0 atom stereocenters. The van der Waals surface area contributed by atoms with Crippen LogP contribution < -0.4 is 14.2 Å². The first-order valence-electron chi connectivity index (χ1n) is 9.85. The maximum absolute atomic E-state index is 13.1. The van der Waals surface area contributed by atoms with E-state index in [9.17, 15) is 16.8 Å². The number of ether oxygens (including phenoxy) is 1. The Morgan fingerprint density at radius 2 is 1.65 bits per heavy atom. The van der Waals surface area contributed by atoms with Crippen LogP contribution in [-0.4, -0.2) is 38.6 Å². The van der Waals surface area contributed by atoms with Crippen LogP contribution in [0, 0.1) is 0 Å². The smallest absolute Gasteiger partial charge is 0.263 e. The number of nitrogens with zero attached hydrogens (tertiary/aromatic N) is 3. The van der Waals surface area contributed by atoms with E-state index in [1.54, 1.807) is 24.4 Å².